The van der Waals surface area contributed by atoms with E-state index in [4.69, 9.17) is 9.47 Å². The Labute approximate surface area is 196 Å². The van der Waals surface area contributed by atoms with Crippen LogP contribution >= 0.6 is 11.3 Å². The van der Waals surface area contributed by atoms with Gasteiger partial charge >= 0.3 is 0 Å². The fraction of sp³-hybridized carbons (Fsp3) is 0.333. The van der Waals surface area contributed by atoms with Gasteiger partial charge in [0.15, 0.2) is 0 Å². The van der Waals surface area contributed by atoms with E-state index in [0.29, 0.717) is 35.2 Å². The van der Waals surface area contributed by atoms with Crippen LogP contribution < -0.4 is 14.8 Å². The van der Waals surface area contributed by atoms with Crippen molar-refractivity contribution in [3.63, 3.8) is 0 Å². The third-order valence-corrected chi connectivity index (χ3v) is 6.76. The maximum Gasteiger partial charge on any atom is 0.286 e. The van der Waals surface area contributed by atoms with Crippen molar-refractivity contribution in [3.8, 4) is 11.5 Å². The van der Waals surface area contributed by atoms with Crippen molar-refractivity contribution in [2.75, 3.05) is 32.6 Å². The van der Waals surface area contributed by atoms with Crippen molar-refractivity contribution >= 4 is 28.8 Å². The van der Waals surface area contributed by atoms with Gasteiger partial charge in [0.25, 0.3) is 11.8 Å². The van der Waals surface area contributed by atoms with Crippen LogP contribution in [0.4, 0.5) is 5.69 Å². The predicted molar refractivity (Wildman–Crippen MR) is 126 cm³/mol. The van der Waals surface area contributed by atoms with Gasteiger partial charge in [0.05, 0.1) is 14.2 Å². The molecule has 0 bridgehead atoms. The van der Waals surface area contributed by atoms with E-state index in [0.717, 1.165) is 29.1 Å². The van der Waals surface area contributed by atoms with Crippen molar-refractivity contribution in [1.82, 2.24) is 15.1 Å². The van der Waals surface area contributed by atoms with Crippen molar-refractivity contribution < 1.29 is 19.1 Å². The largest absolute Gasteiger partial charge is 0.497 e. The minimum atomic E-state index is -0.262. The number of aromatic nitrogens is 2. The SMILES string of the molecule is COc1cc(OC)cc(C(=O)N2CCC(c3nnc(C(=O)Nc4ccc(C)cc4)s3)CC2)c1. The molecule has 172 valence electrons. The summed E-state index contributed by atoms with van der Waals surface area (Å²) in [5.41, 5.74) is 2.39. The van der Waals surface area contributed by atoms with Crippen LogP contribution in [-0.4, -0.2) is 54.2 Å². The van der Waals surface area contributed by atoms with Gasteiger partial charge in [-0.1, -0.05) is 29.0 Å². The fourth-order valence-corrected chi connectivity index (χ4v) is 4.66. The first-order chi connectivity index (χ1) is 16.0. The first kappa shape index (κ1) is 22.7. The number of piperidine rings is 1. The Morgan fingerprint density at radius 1 is 1.00 bits per heavy atom. The van der Waals surface area contributed by atoms with Crippen LogP contribution in [0.25, 0.3) is 0 Å². The van der Waals surface area contributed by atoms with Crippen LogP contribution in [0, 0.1) is 6.92 Å². The summed E-state index contributed by atoms with van der Waals surface area (Å²) in [7, 11) is 3.12. The number of ether oxygens (including phenoxy) is 2. The van der Waals surface area contributed by atoms with Gasteiger partial charge in [0.1, 0.15) is 16.5 Å². The van der Waals surface area contributed by atoms with Gasteiger partial charge < -0.3 is 19.7 Å². The first-order valence-electron chi connectivity index (χ1n) is 10.7. The highest BCUT2D eigenvalue weighted by molar-refractivity contribution is 7.13. The minimum absolute atomic E-state index is 0.0546. The Morgan fingerprint density at radius 2 is 1.64 bits per heavy atom. The van der Waals surface area contributed by atoms with Crippen molar-refractivity contribution in [2.24, 2.45) is 0 Å². The number of carbonyl (C=O) groups excluding carboxylic acids is 2. The second kappa shape index (κ2) is 9.99. The number of hydrogen-bond acceptors (Lipinski definition) is 7. The summed E-state index contributed by atoms with van der Waals surface area (Å²) in [4.78, 5) is 27.4. The topological polar surface area (TPSA) is 93.7 Å². The molecular weight excluding hydrogens is 440 g/mol. The second-order valence-electron chi connectivity index (χ2n) is 7.93. The number of carbonyl (C=O) groups is 2. The zero-order valence-electron chi connectivity index (χ0n) is 18.8. The van der Waals surface area contributed by atoms with Gasteiger partial charge in [-0.3, -0.25) is 9.59 Å². The summed E-state index contributed by atoms with van der Waals surface area (Å²) >= 11 is 1.32. The smallest absolute Gasteiger partial charge is 0.286 e. The number of nitrogens with zero attached hydrogens (tertiary/aromatic N) is 3. The number of aryl methyl sites for hydroxylation is 1. The minimum Gasteiger partial charge on any atom is -0.497 e. The van der Waals surface area contributed by atoms with Gasteiger partial charge in [-0.05, 0) is 44.0 Å². The van der Waals surface area contributed by atoms with Crippen LogP contribution in [0.15, 0.2) is 42.5 Å². The van der Waals surface area contributed by atoms with Crippen LogP contribution in [-0.2, 0) is 0 Å². The number of nitrogens with one attached hydrogen (secondary N) is 1. The molecule has 1 N–H and O–H groups in total. The molecule has 0 aliphatic carbocycles. The lowest BCUT2D eigenvalue weighted by Gasteiger charge is -2.31. The molecule has 2 aromatic carbocycles. The molecular formula is C24H26N4O4S. The lowest BCUT2D eigenvalue weighted by atomic mass is 9.97. The van der Waals surface area contributed by atoms with E-state index in [1.165, 1.54) is 11.3 Å². The van der Waals surface area contributed by atoms with E-state index in [1.54, 1.807) is 32.4 Å². The Kier molecular flexibility index (Phi) is 6.88. The number of rotatable bonds is 6. The Balaban J connectivity index is 1.36. The van der Waals surface area contributed by atoms with E-state index < -0.39 is 0 Å². The van der Waals surface area contributed by atoms with E-state index in [1.807, 2.05) is 36.1 Å². The molecule has 1 fully saturated rings. The summed E-state index contributed by atoms with van der Waals surface area (Å²) in [6.45, 7) is 3.20. The first-order valence-corrected chi connectivity index (χ1v) is 11.5. The normalized spacial score (nSPS) is 14.1. The third kappa shape index (κ3) is 5.31. The Morgan fingerprint density at radius 3 is 2.24 bits per heavy atom. The van der Waals surface area contributed by atoms with Crippen molar-refractivity contribution in [2.45, 2.75) is 25.7 Å². The van der Waals surface area contributed by atoms with Crippen molar-refractivity contribution in [3.05, 3.63) is 63.6 Å². The highest BCUT2D eigenvalue weighted by atomic mass is 32.1. The quantitative estimate of drug-likeness (QED) is 0.587. The molecule has 4 rings (SSSR count). The molecule has 2 amide bonds. The van der Waals surface area contributed by atoms with E-state index in [-0.39, 0.29) is 17.7 Å². The lowest BCUT2D eigenvalue weighted by Crippen LogP contribution is -2.37. The number of hydrogen-bond donors (Lipinski definition) is 1. The number of amides is 2. The molecule has 8 nitrogen and oxygen atoms in total. The average Bonchev–Trinajstić information content (AvgIpc) is 3.35. The van der Waals surface area contributed by atoms with Crippen LogP contribution in [0.1, 0.15) is 49.5 Å². The zero-order valence-corrected chi connectivity index (χ0v) is 19.6. The highest BCUT2D eigenvalue weighted by Gasteiger charge is 2.28. The van der Waals surface area contributed by atoms with Crippen molar-refractivity contribution in [1.29, 1.82) is 0 Å². The number of likely N-dealkylation sites (tertiary alicyclic amines) is 1. The molecule has 1 aliphatic heterocycles. The molecule has 9 heteroatoms. The molecule has 0 atom stereocenters. The number of benzene rings is 2. The maximum atomic E-state index is 13.0. The molecule has 1 aliphatic rings. The molecule has 0 saturated carbocycles. The molecule has 0 spiro atoms. The summed E-state index contributed by atoms with van der Waals surface area (Å²) in [5, 5.41) is 12.4. The van der Waals surface area contributed by atoms with E-state index in [2.05, 4.69) is 15.5 Å². The summed E-state index contributed by atoms with van der Waals surface area (Å²) < 4.78 is 10.6. The Hall–Kier alpha value is -3.46. The lowest BCUT2D eigenvalue weighted by molar-refractivity contribution is 0.0712. The van der Waals surface area contributed by atoms with E-state index >= 15 is 0 Å². The molecule has 33 heavy (non-hydrogen) atoms. The van der Waals surface area contributed by atoms with Gasteiger partial charge in [0, 0.05) is 36.3 Å². The standard InChI is InChI=1S/C24H26N4O4S/c1-15-4-6-18(7-5-15)25-21(29)23-27-26-22(33-23)16-8-10-28(11-9-16)24(30)17-12-19(31-2)14-20(13-17)32-3/h4-7,12-14,16H,8-11H2,1-3H3,(H,25,29). The number of anilines is 1. The average molecular weight is 467 g/mol. The molecule has 0 unspecified atom stereocenters. The van der Waals surface area contributed by atoms with Crippen LogP contribution in [0.3, 0.4) is 0 Å². The highest BCUT2D eigenvalue weighted by Crippen LogP contribution is 2.32. The van der Waals surface area contributed by atoms with Crippen LogP contribution in [0.2, 0.25) is 0 Å². The summed E-state index contributed by atoms with van der Waals surface area (Å²) in [6, 6.07) is 12.8. The zero-order chi connectivity index (χ0) is 23.4. The summed E-state index contributed by atoms with van der Waals surface area (Å²) in [6.07, 6.45) is 1.53. The molecule has 1 saturated heterocycles. The monoisotopic (exact) mass is 466 g/mol. The molecule has 2 heterocycles. The fourth-order valence-electron chi connectivity index (χ4n) is 3.76. The van der Waals surface area contributed by atoms with Gasteiger partial charge in [0.2, 0.25) is 5.01 Å². The third-order valence-electron chi connectivity index (χ3n) is 5.67. The number of methoxy groups -OCH3 is 2. The molecule has 1 aromatic heterocycles. The van der Waals surface area contributed by atoms with E-state index in [9.17, 15) is 9.59 Å². The molecule has 0 radical (unpaired) electrons. The van der Waals surface area contributed by atoms with Gasteiger partial charge in [-0.25, -0.2) is 0 Å². The van der Waals surface area contributed by atoms with Gasteiger partial charge in [-0.15, -0.1) is 10.2 Å². The molecule has 3 aromatic rings. The maximum absolute atomic E-state index is 13.0. The summed E-state index contributed by atoms with van der Waals surface area (Å²) in [5.74, 6) is 1.02. The van der Waals surface area contributed by atoms with Gasteiger partial charge in [-0.2, -0.15) is 0 Å². The predicted octanol–water partition coefficient (Wildman–Crippen LogP) is 4.14. The van der Waals surface area contributed by atoms with Crippen LogP contribution in [0.5, 0.6) is 11.5 Å². The Bertz CT molecular complexity index is 1120. The second-order valence-corrected chi connectivity index (χ2v) is 8.94.